The normalized spacial score (nSPS) is 14.1. The van der Waals surface area contributed by atoms with E-state index in [0.717, 1.165) is 29.4 Å². The second-order valence-corrected chi connectivity index (χ2v) is 7.30. The largest absolute Gasteiger partial charge is 0.454 e. The van der Waals surface area contributed by atoms with Crippen LogP contribution in [0.25, 0.3) is 0 Å². The number of fused-ring (bicyclic) bond motifs is 1. The molecule has 6 nitrogen and oxygen atoms in total. The molecule has 0 radical (unpaired) electrons. The molecule has 138 valence electrons. The lowest BCUT2D eigenvalue weighted by atomic mass is 10.1. The number of nitrogens with zero attached hydrogens (tertiary/aromatic N) is 1. The van der Waals surface area contributed by atoms with Crippen LogP contribution in [0.4, 0.5) is 0 Å². The van der Waals surface area contributed by atoms with E-state index in [9.17, 15) is 4.21 Å². The van der Waals surface area contributed by atoms with Crippen LogP contribution >= 0.6 is 0 Å². The molecular weight excluding hydrogens is 350 g/mol. The Morgan fingerprint density at radius 1 is 1.08 bits per heavy atom. The molecule has 0 aliphatic carbocycles. The van der Waals surface area contributed by atoms with Crippen LogP contribution in [-0.4, -0.2) is 42.9 Å². The van der Waals surface area contributed by atoms with E-state index in [-0.39, 0.29) is 6.79 Å². The molecule has 2 aromatic carbocycles. The van der Waals surface area contributed by atoms with E-state index in [1.54, 1.807) is 7.05 Å². The van der Waals surface area contributed by atoms with Crippen LogP contribution in [0.5, 0.6) is 11.5 Å². The quantitative estimate of drug-likeness (QED) is 0.573. The van der Waals surface area contributed by atoms with Crippen molar-refractivity contribution < 1.29 is 13.7 Å². The number of hydrogen-bond acceptors (Lipinski definition) is 4. The molecule has 0 fully saturated rings. The molecule has 1 aliphatic rings. The van der Waals surface area contributed by atoms with Crippen molar-refractivity contribution in [2.24, 2.45) is 4.99 Å². The molecule has 1 atom stereocenters. The van der Waals surface area contributed by atoms with Gasteiger partial charge in [0, 0.05) is 30.8 Å². The molecule has 7 heteroatoms. The minimum atomic E-state index is -1.01. The summed E-state index contributed by atoms with van der Waals surface area (Å²) in [5.74, 6) is 2.84. The van der Waals surface area contributed by atoms with E-state index in [4.69, 9.17) is 9.47 Å². The third kappa shape index (κ3) is 4.98. The summed E-state index contributed by atoms with van der Waals surface area (Å²) in [6.07, 6.45) is 0.841. The van der Waals surface area contributed by atoms with Crippen molar-refractivity contribution in [2.45, 2.75) is 11.3 Å². The lowest BCUT2D eigenvalue weighted by molar-refractivity contribution is 0.174. The van der Waals surface area contributed by atoms with Gasteiger partial charge < -0.3 is 20.1 Å². The molecule has 0 aromatic heterocycles. The van der Waals surface area contributed by atoms with Crippen molar-refractivity contribution in [1.29, 1.82) is 0 Å². The summed E-state index contributed by atoms with van der Waals surface area (Å²) in [5.41, 5.74) is 1.17. The number of benzene rings is 2. The van der Waals surface area contributed by atoms with Crippen LogP contribution < -0.4 is 20.1 Å². The summed E-state index contributed by atoms with van der Waals surface area (Å²) in [4.78, 5) is 5.04. The maximum atomic E-state index is 12.2. The van der Waals surface area contributed by atoms with Crippen molar-refractivity contribution in [3.63, 3.8) is 0 Å². The van der Waals surface area contributed by atoms with Crippen LogP contribution in [0, 0.1) is 0 Å². The molecule has 0 saturated heterocycles. The molecule has 3 rings (SSSR count). The minimum absolute atomic E-state index is 0.290. The Morgan fingerprint density at radius 3 is 2.65 bits per heavy atom. The minimum Gasteiger partial charge on any atom is -0.454 e. The first-order valence-corrected chi connectivity index (χ1v) is 9.84. The molecule has 2 N–H and O–H groups in total. The number of rotatable bonds is 7. The van der Waals surface area contributed by atoms with Crippen molar-refractivity contribution in [1.82, 2.24) is 10.6 Å². The van der Waals surface area contributed by atoms with E-state index >= 15 is 0 Å². The summed E-state index contributed by atoms with van der Waals surface area (Å²) < 4.78 is 22.9. The maximum absolute atomic E-state index is 12.2. The molecule has 0 spiro atoms. The van der Waals surface area contributed by atoms with Crippen molar-refractivity contribution in [3.8, 4) is 11.5 Å². The Balaban J connectivity index is 1.39. The number of hydrogen-bond donors (Lipinski definition) is 2. The van der Waals surface area contributed by atoms with Crippen molar-refractivity contribution in [2.75, 3.05) is 32.7 Å². The maximum Gasteiger partial charge on any atom is 0.231 e. The van der Waals surface area contributed by atoms with Crippen LogP contribution in [0.15, 0.2) is 58.4 Å². The molecule has 0 bridgehead atoms. The summed E-state index contributed by atoms with van der Waals surface area (Å²) in [5, 5.41) is 6.47. The summed E-state index contributed by atoms with van der Waals surface area (Å²) >= 11 is 0. The average Bonchev–Trinajstić information content (AvgIpc) is 3.15. The summed E-state index contributed by atoms with van der Waals surface area (Å²) in [6, 6.07) is 15.5. The molecule has 1 unspecified atom stereocenters. The highest BCUT2D eigenvalue weighted by Crippen LogP contribution is 2.32. The Labute approximate surface area is 156 Å². The van der Waals surface area contributed by atoms with E-state index in [1.165, 1.54) is 5.56 Å². The average molecular weight is 373 g/mol. The van der Waals surface area contributed by atoms with E-state index in [1.807, 2.05) is 48.5 Å². The van der Waals surface area contributed by atoms with Crippen LogP contribution in [0.3, 0.4) is 0 Å². The van der Waals surface area contributed by atoms with Gasteiger partial charge in [0.05, 0.1) is 10.8 Å². The highest BCUT2D eigenvalue weighted by molar-refractivity contribution is 7.85. The van der Waals surface area contributed by atoms with E-state index in [2.05, 4.69) is 15.6 Å². The molecule has 2 aromatic rings. The van der Waals surface area contributed by atoms with Crippen LogP contribution in [0.1, 0.15) is 5.56 Å². The number of guanidine groups is 1. The zero-order valence-electron chi connectivity index (χ0n) is 14.7. The van der Waals surface area contributed by atoms with Gasteiger partial charge in [0.1, 0.15) is 0 Å². The van der Waals surface area contributed by atoms with Gasteiger partial charge in [-0.3, -0.25) is 9.20 Å². The Morgan fingerprint density at radius 2 is 1.85 bits per heavy atom. The first kappa shape index (κ1) is 18.3. The molecular formula is C19H23N3O3S. The van der Waals surface area contributed by atoms with Gasteiger partial charge in [-0.15, -0.1) is 0 Å². The number of ether oxygens (including phenoxy) is 2. The first-order chi connectivity index (χ1) is 12.8. The Bertz CT molecular complexity index is 781. The van der Waals surface area contributed by atoms with E-state index in [0.29, 0.717) is 18.3 Å². The smallest absolute Gasteiger partial charge is 0.231 e. The van der Waals surface area contributed by atoms with Gasteiger partial charge in [-0.1, -0.05) is 24.3 Å². The Kier molecular flexibility index (Phi) is 6.49. The second-order valence-electron chi connectivity index (χ2n) is 5.73. The van der Waals surface area contributed by atoms with Gasteiger partial charge in [0.15, 0.2) is 17.5 Å². The SMILES string of the molecule is CN=C(NCCc1ccc2c(c1)OCO2)NCCS(=O)c1ccccc1. The number of nitrogens with one attached hydrogen (secondary N) is 2. The number of aliphatic imine (C=N–C) groups is 1. The first-order valence-electron chi connectivity index (χ1n) is 8.53. The lowest BCUT2D eigenvalue weighted by Gasteiger charge is -2.12. The molecule has 0 saturated carbocycles. The van der Waals surface area contributed by atoms with Gasteiger partial charge in [-0.05, 0) is 36.2 Å². The zero-order chi connectivity index (χ0) is 18.2. The van der Waals surface area contributed by atoms with Crippen molar-refractivity contribution >= 4 is 16.8 Å². The molecule has 0 amide bonds. The fourth-order valence-electron chi connectivity index (χ4n) is 2.59. The fourth-order valence-corrected chi connectivity index (χ4v) is 3.58. The molecule has 26 heavy (non-hydrogen) atoms. The second kappa shape index (κ2) is 9.24. The topological polar surface area (TPSA) is 72.0 Å². The Hall–Kier alpha value is -2.54. The third-order valence-corrected chi connectivity index (χ3v) is 5.33. The predicted octanol–water partition coefficient (Wildman–Crippen LogP) is 1.93. The molecule has 1 heterocycles. The van der Waals surface area contributed by atoms with Gasteiger partial charge in [-0.2, -0.15) is 0 Å². The van der Waals surface area contributed by atoms with Gasteiger partial charge in [-0.25, -0.2) is 0 Å². The standard InChI is InChI=1S/C19H23N3O3S/c1-20-19(22-11-12-26(23)16-5-3-2-4-6-16)21-10-9-15-7-8-17-18(13-15)25-14-24-17/h2-8,13H,9-12,14H2,1H3,(H2,20,21,22). The van der Waals surface area contributed by atoms with Gasteiger partial charge >= 0.3 is 0 Å². The van der Waals surface area contributed by atoms with Crippen LogP contribution in [0.2, 0.25) is 0 Å². The summed E-state index contributed by atoms with van der Waals surface area (Å²) in [6.45, 7) is 1.62. The summed E-state index contributed by atoms with van der Waals surface area (Å²) in [7, 11) is 0.718. The van der Waals surface area contributed by atoms with Gasteiger partial charge in [0.2, 0.25) is 6.79 Å². The molecule has 1 aliphatic heterocycles. The third-order valence-electron chi connectivity index (χ3n) is 3.95. The predicted molar refractivity (Wildman–Crippen MR) is 103 cm³/mol. The zero-order valence-corrected chi connectivity index (χ0v) is 15.6. The lowest BCUT2D eigenvalue weighted by Crippen LogP contribution is -2.40. The fraction of sp³-hybridized carbons (Fsp3) is 0.316. The highest BCUT2D eigenvalue weighted by atomic mass is 32.2. The van der Waals surface area contributed by atoms with E-state index < -0.39 is 10.8 Å². The van der Waals surface area contributed by atoms with Crippen LogP contribution in [-0.2, 0) is 17.2 Å². The highest BCUT2D eigenvalue weighted by Gasteiger charge is 2.13. The monoisotopic (exact) mass is 373 g/mol. The van der Waals surface area contributed by atoms with Gasteiger partial charge in [0.25, 0.3) is 0 Å². The van der Waals surface area contributed by atoms with Crippen molar-refractivity contribution in [3.05, 3.63) is 54.1 Å².